The Kier molecular flexibility index (Phi) is 7.76. The minimum Gasteiger partial charge on any atom is -0.471 e. The molecule has 3 N–H and O–H groups in total. The number of hydrogen-bond acceptors (Lipinski definition) is 6. The molecule has 2 aliphatic heterocycles. The van der Waals surface area contributed by atoms with Crippen molar-refractivity contribution in [3.05, 3.63) is 59.0 Å². The van der Waals surface area contributed by atoms with Crippen LogP contribution in [0.1, 0.15) is 75.6 Å². The highest BCUT2D eigenvalue weighted by molar-refractivity contribution is 5.81. The molecule has 5 rings (SSSR count). The molecule has 38 heavy (non-hydrogen) atoms. The summed E-state index contributed by atoms with van der Waals surface area (Å²) in [7, 11) is 0. The van der Waals surface area contributed by atoms with Crippen molar-refractivity contribution in [1.29, 1.82) is 0 Å². The van der Waals surface area contributed by atoms with E-state index in [2.05, 4.69) is 37.5 Å². The first-order chi connectivity index (χ1) is 18.1. The number of amides is 1. The normalized spacial score (nSPS) is 23.4. The van der Waals surface area contributed by atoms with Crippen molar-refractivity contribution >= 4 is 5.91 Å². The van der Waals surface area contributed by atoms with E-state index in [1.165, 1.54) is 17.7 Å². The van der Waals surface area contributed by atoms with Crippen molar-refractivity contribution in [1.82, 2.24) is 15.6 Å². The summed E-state index contributed by atoms with van der Waals surface area (Å²) in [4.78, 5) is 17.4. The van der Waals surface area contributed by atoms with Crippen LogP contribution in [0.4, 0.5) is 4.39 Å². The van der Waals surface area contributed by atoms with Crippen LogP contribution in [0.25, 0.3) is 0 Å². The van der Waals surface area contributed by atoms with Gasteiger partial charge in [-0.3, -0.25) is 4.79 Å². The second kappa shape index (κ2) is 10.9. The SMILES string of the molecule is CC(C)(C)Cc1cnc2c(c1)[C@@H](NC[C@H](O)[C@H](Cc1ccc(F)cc1)NC(=O)[C@@H]1CCO1)CC1(CCC1)O2. The maximum atomic E-state index is 13.5. The predicted octanol–water partition coefficient (Wildman–Crippen LogP) is 4.02. The number of benzene rings is 1. The minimum atomic E-state index is -0.863. The van der Waals surface area contributed by atoms with E-state index in [4.69, 9.17) is 14.5 Å². The molecule has 8 heteroatoms. The van der Waals surface area contributed by atoms with Crippen LogP contribution in [0, 0.1) is 11.2 Å². The van der Waals surface area contributed by atoms with E-state index in [0.717, 1.165) is 43.2 Å². The summed E-state index contributed by atoms with van der Waals surface area (Å²) in [6.07, 6.45) is 6.51. The Morgan fingerprint density at radius 3 is 2.58 bits per heavy atom. The zero-order valence-corrected chi connectivity index (χ0v) is 22.6. The average molecular weight is 526 g/mol. The molecule has 1 saturated heterocycles. The van der Waals surface area contributed by atoms with Crippen molar-refractivity contribution in [3.63, 3.8) is 0 Å². The number of aromatic nitrogens is 1. The molecule has 2 aromatic rings. The Hall–Kier alpha value is -2.55. The molecule has 1 amide bonds. The Labute approximate surface area is 224 Å². The molecule has 3 heterocycles. The summed E-state index contributed by atoms with van der Waals surface area (Å²) >= 11 is 0. The zero-order chi connectivity index (χ0) is 26.9. The molecule has 0 unspecified atom stereocenters. The van der Waals surface area contributed by atoms with Crippen LogP contribution in [-0.4, -0.2) is 53.0 Å². The van der Waals surface area contributed by atoms with Crippen LogP contribution < -0.4 is 15.4 Å². The Morgan fingerprint density at radius 2 is 1.97 bits per heavy atom. The lowest BCUT2D eigenvalue weighted by Crippen LogP contribution is -2.54. The fourth-order valence-electron chi connectivity index (χ4n) is 5.63. The number of fused-ring (bicyclic) bond motifs is 1. The summed E-state index contributed by atoms with van der Waals surface area (Å²) in [6, 6.07) is 7.79. The molecule has 4 atom stereocenters. The second-order valence-electron chi connectivity index (χ2n) is 12.4. The highest BCUT2D eigenvalue weighted by Crippen LogP contribution is 2.48. The van der Waals surface area contributed by atoms with E-state index in [-0.39, 0.29) is 35.3 Å². The summed E-state index contributed by atoms with van der Waals surface area (Å²) in [5.74, 6) is 0.143. The summed E-state index contributed by atoms with van der Waals surface area (Å²) in [5.41, 5.74) is 2.97. The van der Waals surface area contributed by atoms with Crippen molar-refractivity contribution in [2.24, 2.45) is 5.41 Å². The first-order valence-electron chi connectivity index (χ1n) is 13.8. The van der Waals surface area contributed by atoms with Gasteiger partial charge in [0.25, 0.3) is 0 Å². The van der Waals surface area contributed by atoms with Gasteiger partial charge in [-0.05, 0) is 66.8 Å². The van der Waals surface area contributed by atoms with Gasteiger partial charge in [0.05, 0.1) is 18.8 Å². The number of ether oxygens (including phenoxy) is 2. The van der Waals surface area contributed by atoms with Gasteiger partial charge in [-0.25, -0.2) is 9.37 Å². The van der Waals surface area contributed by atoms with E-state index >= 15 is 0 Å². The van der Waals surface area contributed by atoms with Crippen LogP contribution in [0.15, 0.2) is 36.5 Å². The Bertz CT molecular complexity index is 1130. The number of rotatable bonds is 9. The molecular formula is C30H40FN3O4. The fourth-order valence-corrected chi connectivity index (χ4v) is 5.63. The number of nitrogens with one attached hydrogen (secondary N) is 2. The van der Waals surface area contributed by atoms with Gasteiger partial charge in [0.1, 0.15) is 17.5 Å². The van der Waals surface area contributed by atoms with Gasteiger partial charge >= 0.3 is 0 Å². The van der Waals surface area contributed by atoms with Crippen molar-refractivity contribution < 1.29 is 23.8 Å². The number of halogens is 1. The fraction of sp³-hybridized carbons (Fsp3) is 0.600. The van der Waals surface area contributed by atoms with E-state index < -0.39 is 18.2 Å². The lowest BCUT2D eigenvalue weighted by Gasteiger charge is -2.47. The maximum Gasteiger partial charge on any atom is 0.249 e. The van der Waals surface area contributed by atoms with E-state index in [1.54, 1.807) is 12.1 Å². The van der Waals surface area contributed by atoms with Crippen LogP contribution in [0.2, 0.25) is 0 Å². The molecule has 1 aromatic carbocycles. The lowest BCUT2D eigenvalue weighted by molar-refractivity contribution is -0.146. The average Bonchev–Trinajstić information content (AvgIpc) is 2.80. The van der Waals surface area contributed by atoms with Gasteiger partial charge in [0.15, 0.2) is 0 Å². The zero-order valence-electron chi connectivity index (χ0n) is 22.6. The number of carbonyl (C=O) groups excluding carboxylic acids is 1. The molecular weight excluding hydrogens is 485 g/mol. The highest BCUT2D eigenvalue weighted by atomic mass is 19.1. The first kappa shape index (κ1) is 27.0. The van der Waals surface area contributed by atoms with Crippen molar-refractivity contribution in [3.8, 4) is 5.88 Å². The van der Waals surface area contributed by atoms with Gasteiger partial charge in [-0.15, -0.1) is 0 Å². The van der Waals surface area contributed by atoms with E-state index in [0.29, 0.717) is 25.3 Å². The van der Waals surface area contributed by atoms with Crippen molar-refractivity contribution in [2.45, 2.75) is 95.6 Å². The van der Waals surface area contributed by atoms with Gasteiger partial charge in [-0.2, -0.15) is 0 Å². The molecule has 2 fully saturated rings. The Balaban J connectivity index is 1.31. The minimum absolute atomic E-state index is 0.0155. The lowest BCUT2D eigenvalue weighted by atomic mass is 9.73. The standard InChI is InChI=1S/C30H40FN3O4/c1-29(2,3)15-20-13-22-24(16-30(10-4-11-30)38-28(22)33-17-20)32-18-25(35)23(34-27(36)26-9-12-37-26)14-19-5-7-21(31)8-6-19/h5-8,13,17,23-26,32,35H,4,9-12,14-16,18H2,1-3H3,(H,34,36)/t23-,24-,25-,26-/m0/s1. The van der Waals surface area contributed by atoms with E-state index in [1.807, 2.05) is 6.20 Å². The molecule has 206 valence electrons. The molecule has 0 bridgehead atoms. The number of pyridine rings is 1. The third-order valence-corrected chi connectivity index (χ3v) is 7.93. The smallest absolute Gasteiger partial charge is 0.249 e. The van der Waals surface area contributed by atoms with Crippen LogP contribution in [0.3, 0.4) is 0 Å². The Morgan fingerprint density at radius 1 is 1.24 bits per heavy atom. The topological polar surface area (TPSA) is 92.7 Å². The molecule has 1 aromatic heterocycles. The summed E-state index contributed by atoms with van der Waals surface area (Å²) in [6.45, 7) is 7.48. The van der Waals surface area contributed by atoms with Gasteiger partial charge in [-0.1, -0.05) is 32.9 Å². The molecule has 1 spiro atoms. The largest absolute Gasteiger partial charge is 0.471 e. The number of nitrogens with zero attached hydrogens (tertiary/aromatic N) is 1. The quantitative estimate of drug-likeness (QED) is 0.458. The van der Waals surface area contributed by atoms with Crippen LogP contribution >= 0.6 is 0 Å². The monoisotopic (exact) mass is 525 g/mol. The summed E-state index contributed by atoms with van der Waals surface area (Å²) in [5, 5.41) is 17.9. The molecule has 1 saturated carbocycles. The summed E-state index contributed by atoms with van der Waals surface area (Å²) < 4.78 is 25.2. The van der Waals surface area contributed by atoms with Crippen LogP contribution in [0.5, 0.6) is 5.88 Å². The molecule has 0 radical (unpaired) electrons. The number of hydrogen-bond donors (Lipinski definition) is 3. The molecule has 7 nitrogen and oxygen atoms in total. The van der Waals surface area contributed by atoms with Crippen LogP contribution in [-0.2, 0) is 22.4 Å². The number of aliphatic hydroxyl groups is 1. The molecule has 1 aliphatic carbocycles. The predicted molar refractivity (Wildman–Crippen MR) is 142 cm³/mol. The number of aliphatic hydroxyl groups excluding tert-OH is 1. The third kappa shape index (κ3) is 6.35. The molecule has 3 aliphatic rings. The van der Waals surface area contributed by atoms with Gasteiger partial charge in [0.2, 0.25) is 11.8 Å². The third-order valence-electron chi connectivity index (χ3n) is 7.93. The van der Waals surface area contributed by atoms with Gasteiger partial charge < -0.3 is 25.2 Å². The second-order valence-corrected chi connectivity index (χ2v) is 12.4. The van der Waals surface area contributed by atoms with Gasteiger partial charge in [0, 0.05) is 37.2 Å². The first-order valence-corrected chi connectivity index (χ1v) is 13.8. The van der Waals surface area contributed by atoms with Crippen molar-refractivity contribution in [2.75, 3.05) is 13.2 Å². The highest BCUT2D eigenvalue weighted by Gasteiger charge is 2.46. The van der Waals surface area contributed by atoms with E-state index in [9.17, 15) is 14.3 Å². The maximum absolute atomic E-state index is 13.5. The number of carbonyl (C=O) groups is 1.